The Morgan fingerprint density at radius 2 is 2.13 bits per heavy atom. The summed E-state index contributed by atoms with van der Waals surface area (Å²) in [6.45, 7) is 3.51. The zero-order chi connectivity index (χ0) is 20.9. The molecule has 2 heterocycles. The van der Waals surface area contributed by atoms with Crippen molar-refractivity contribution in [1.82, 2.24) is 5.32 Å². The van der Waals surface area contributed by atoms with E-state index in [-0.39, 0.29) is 30.1 Å². The molecule has 1 atom stereocenters. The standard InChI is InChI=1S/C23H33N3O4.HI/c1-27-13-6-16-29-21-9-4-7-19(17-21)26-23(24-12-11-20-10-5-15-28-20)25-18-22-8-2-3-14-30-22;/h4-5,7,9-10,15,17,22H,2-3,6,8,11-14,16,18H2,1H3,(H2,24,25,26);1H. The molecule has 1 fully saturated rings. The molecule has 1 unspecified atom stereocenters. The summed E-state index contributed by atoms with van der Waals surface area (Å²) in [5.41, 5.74) is 0.924. The quantitative estimate of drug-likeness (QED) is 0.188. The Bertz CT molecular complexity index is 749. The first kappa shape index (κ1) is 25.5. The van der Waals surface area contributed by atoms with E-state index in [0.717, 1.165) is 62.0 Å². The molecule has 0 aliphatic carbocycles. The molecule has 3 rings (SSSR count). The molecule has 7 nitrogen and oxygen atoms in total. The van der Waals surface area contributed by atoms with Crippen LogP contribution in [-0.4, -0.2) is 52.1 Å². The summed E-state index contributed by atoms with van der Waals surface area (Å²) in [7, 11) is 1.70. The number of nitrogens with zero attached hydrogens (tertiary/aromatic N) is 1. The van der Waals surface area contributed by atoms with Crippen LogP contribution in [0.1, 0.15) is 31.4 Å². The topological polar surface area (TPSA) is 77.2 Å². The summed E-state index contributed by atoms with van der Waals surface area (Å²) in [6.07, 6.45) is 6.95. The first-order valence-electron chi connectivity index (χ1n) is 10.7. The molecule has 0 amide bonds. The summed E-state index contributed by atoms with van der Waals surface area (Å²) in [5.74, 6) is 2.50. The van der Waals surface area contributed by atoms with E-state index in [2.05, 4.69) is 10.6 Å². The Morgan fingerprint density at radius 3 is 2.90 bits per heavy atom. The normalized spacial score (nSPS) is 16.4. The number of hydrogen-bond acceptors (Lipinski definition) is 5. The van der Waals surface area contributed by atoms with Gasteiger partial charge < -0.3 is 29.3 Å². The van der Waals surface area contributed by atoms with Crippen LogP contribution in [0.15, 0.2) is 52.1 Å². The Morgan fingerprint density at radius 1 is 1.19 bits per heavy atom. The number of aliphatic imine (C=N–C) groups is 1. The molecule has 0 bridgehead atoms. The predicted molar refractivity (Wildman–Crippen MR) is 134 cm³/mol. The van der Waals surface area contributed by atoms with E-state index in [1.54, 1.807) is 13.4 Å². The minimum Gasteiger partial charge on any atom is -0.493 e. The van der Waals surface area contributed by atoms with Gasteiger partial charge in [-0.25, -0.2) is 0 Å². The van der Waals surface area contributed by atoms with Gasteiger partial charge in [-0.05, 0) is 43.5 Å². The van der Waals surface area contributed by atoms with Crippen molar-refractivity contribution in [1.29, 1.82) is 0 Å². The number of guanidine groups is 1. The number of methoxy groups -OCH3 is 1. The molecule has 0 spiro atoms. The van der Waals surface area contributed by atoms with Crippen molar-refractivity contribution in [3.63, 3.8) is 0 Å². The average Bonchev–Trinajstić information content (AvgIpc) is 3.30. The summed E-state index contributed by atoms with van der Waals surface area (Å²) in [5, 5.41) is 6.78. The molecule has 2 aromatic rings. The lowest BCUT2D eigenvalue weighted by molar-refractivity contribution is 0.0225. The maximum atomic E-state index is 5.82. The Balaban J connectivity index is 0.00000341. The number of rotatable bonds is 11. The van der Waals surface area contributed by atoms with E-state index in [0.29, 0.717) is 19.8 Å². The van der Waals surface area contributed by atoms with Gasteiger partial charge in [-0.2, -0.15) is 0 Å². The fourth-order valence-electron chi connectivity index (χ4n) is 3.24. The lowest BCUT2D eigenvalue weighted by Crippen LogP contribution is -2.34. The van der Waals surface area contributed by atoms with Gasteiger partial charge in [-0.1, -0.05) is 6.07 Å². The summed E-state index contributed by atoms with van der Waals surface area (Å²) in [6, 6.07) is 11.8. The maximum absolute atomic E-state index is 5.82. The minimum atomic E-state index is 0. The van der Waals surface area contributed by atoms with Crippen LogP contribution in [0.25, 0.3) is 0 Å². The first-order chi connectivity index (χ1) is 14.8. The van der Waals surface area contributed by atoms with E-state index in [1.165, 1.54) is 6.42 Å². The maximum Gasteiger partial charge on any atom is 0.195 e. The van der Waals surface area contributed by atoms with E-state index >= 15 is 0 Å². The van der Waals surface area contributed by atoms with Crippen molar-refractivity contribution < 1.29 is 18.6 Å². The molecule has 0 saturated carbocycles. The fourth-order valence-corrected chi connectivity index (χ4v) is 3.24. The van der Waals surface area contributed by atoms with Crippen molar-refractivity contribution in [2.75, 3.05) is 45.3 Å². The highest BCUT2D eigenvalue weighted by Gasteiger charge is 2.13. The van der Waals surface area contributed by atoms with Crippen LogP contribution < -0.4 is 15.4 Å². The number of nitrogens with one attached hydrogen (secondary N) is 2. The van der Waals surface area contributed by atoms with Crippen LogP contribution in [-0.2, 0) is 15.9 Å². The minimum absolute atomic E-state index is 0. The summed E-state index contributed by atoms with van der Waals surface area (Å²) in [4.78, 5) is 4.76. The molecule has 1 aromatic carbocycles. The van der Waals surface area contributed by atoms with Gasteiger partial charge in [0.2, 0.25) is 0 Å². The van der Waals surface area contributed by atoms with E-state index in [9.17, 15) is 0 Å². The second-order valence-electron chi connectivity index (χ2n) is 7.28. The third-order valence-electron chi connectivity index (χ3n) is 4.83. The molecule has 1 aliphatic heterocycles. The van der Waals surface area contributed by atoms with Crippen LogP contribution in [0.2, 0.25) is 0 Å². The first-order valence-corrected chi connectivity index (χ1v) is 10.7. The van der Waals surface area contributed by atoms with Crippen LogP contribution in [0.4, 0.5) is 5.69 Å². The van der Waals surface area contributed by atoms with Gasteiger partial charge in [-0.15, -0.1) is 24.0 Å². The SMILES string of the molecule is COCCCOc1cccc(NC(=NCC2CCCCO2)NCCc2ccco2)c1.I. The molecule has 1 aliphatic rings. The van der Waals surface area contributed by atoms with Gasteiger partial charge in [0, 0.05) is 51.5 Å². The van der Waals surface area contributed by atoms with Gasteiger partial charge in [0.15, 0.2) is 5.96 Å². The van der Waals surface area contributed by atoms with Crippen LogP contribution >= 0.6 is 24.0 Å². The van der Waals surface area contributed by atoms with Crippen molar-refractivity contribution in [2.45, 2.75) is 38.2 Å². The smallest absolute Gasteiger partial charge is 0.195 e. The van der Waals surface area contributed by atoms with Crippen LogP contribution in [0.5, 0.6) is 5.75 Å². The number of benzene rings is 1. The molecular weight excluding hydrogens is 509 g/mol. The highest BCUT2D eigenvalue weighted by atomic mass is 127. The zero-order valence-corrected chi connectivity index (χ0v) is 20.5. The van der Waals surface area contributed by atoms with Crippen molar-refractivity contribution in [2.24, 2.45) is 4.99 Å². The Hall–Kier alpha value is -1.78. The Labute approximate surface area is 202 Å². The lowest BCUT2D eigenvalue weighted by atomic mass is 10.1. The molecular formula is C23H34IN3O4. The Kier molecular flexibility index (Phi) is 12.4. The second kappa shape index (κ2) is 15.1. The lowest BCUT2D eigenvalue weighted by Gasteiger charge is -2.21. The van der Waals surface area contributed by atoms with Crippen molar-refractivity contribution in [3.05, 3.63) is 48.4 Å². The highest BCUT2D eigenvalue weighted by Crippen LogP contribution is 2.18. The fraction of sp³-hybridized carbons (Fsp3) is 0.522. The van der Waals surface area contributed by atoms with Gasteiger partial charge in [0.25, 0.3) is 0 Å². The third kappa shape index (κ3) is 9.92. The van der Waals surface area contributed by atoms with Gasteiger partial charge in [-0.3, -0.25) is 4.99 Å². The van der Waals surface area contributed by atoms with Gasteiger partial charge >= 0.3 is 0 Å². The average molecular weight is 543 g/mol. The van der Waals surface area contributed by atoms with Crippen molar-refractivity contribution >= 4 is 35.6 Å². The largest absolute Gasteiger partial charge is 0.493 e. The molecule has 1 aromatic heterocycles. The second-order valence-corrected chi connectivity index (χ2v) is 7.28. The zero-order valence-electron chi connectivity index (χ0n) is 18.2. The van der Waals surface area contributed by atoms with Crippen LogP contribution in [0.3, 0.4) is 0 Å². The van der Waals surface area contributed by atoms with E-state index in [1.807, 2.05) is 36.4 Å². The highest BCUT2D eigenvalue weighted by molar-refractivity contribution is 14.0. The van der Waals surface area contributed by atoms with E-state index in [4.69, 9.17) is 23.6 Å². The molecule has 2 N–H and O–H groups in total. The number of hydrogen-bond donors (Lipinski definition) is 2. The predicted octanol–water partition coefficient (Wildman–Crippen LogP) is 4.48. The number of halogens is 1. The molecule has 1 saturated heterocycles. The molecule has 8 heteroatoms. The number of ether oxygens (including phenoxy) is 3. The molecule has 0 radical (unpaired) electrons. The summed E-state index contributed by atoms with van der Waals surface area (Å²) < 4.78 is 22.1. The molecule has 31 heavy (non-hydrogen) atoms. The third-order valence-corrected chi connectivity index (χ3v) is 4.83. The van der Waals surface area contributed by atoms with Crippen molar-refractivity contribution in [3.8, 4) is 5.75 Å². The van der Waals surface area contributed by atoms with Gasteiger partial charge in [0.1, 0.15) is 11.5 Å². The number of anilines is 1. The van der Waals surface area contributed by atoms with Gasteiger partial charge in [0.05, 0.1) is 25.5 Å². The monoisotopic (exact) mass is 543 g/mol. The summed E-state index contributed by atoms with van der Waals surface area (Å²) >= 11 is 0. The van der Waals surface area contributed by atoms with E-state index < -0.39 is 0 Å². The number of furan rings is 1. The molecule has 172 valence electrons. The van der Waals surface area contributed by atoms with Crippen LogP contribution in [0, 0.1) is 0 Å².